The van der Waals surface area contributed by atoms with Crippen LogP contribution >= 0.6 is 0 Å². The Bertz CT molecular complexity index is 893. The summed E-state index contributed by atoms with van der Waals surface area (Å²) < 4.78 is 10.7. The number of nitrogens with one attached hydrogen (secondary N) is 1. The molecule has 8 nitrogen and oxygen atoms in total. The Morgan fingerprint density at radius 3 is 2.71 bits per heavy atom. The predicted octanol–water partition coefficient (Wildman–Crippen LogP) is 3.56. The highest BCUT2D eigenvalue weighted by molar-refractivity contribution is 5.87. The van der Waals surface area contributed by atoms with Gasteiger partial charge >= 0.3 is 5.69 Å². The topological polar surface area (TPSA) is 103 Å². The first-order valence-corrected chi connectivity index (χ1v) is 8.70. The standard InChI is InChI=1S/C20H23N3O5/c1-13(2)16-9-8-14(3)10-18(16)28-12-19(24)22-21-11-15-6-5-7-17(23(25)26)20(15)27-4/h5-11,13H,12H2,1-4H3,(H,22,24)/b21-11+. The van der Waals surface area contributed by atoms with E-state index in [-0.39, 0.29) is 24.0 Å². The van der Waals surface area contributed by atoms with Gasteiger partial charge in [-0.1, -0.05) is 32.0 Å². The van der Waals surface area contributed by atoms with Gasteiger partial charge in [0.05, 0.1) is 18.2 Å². The first-order chi connectivity index (χ1) is 13.3. The zero-order chi connectivity index (χ0) is 20.7. The molecule has 8 heteroatoms. The lowest BCUT2D eigenvalue weighted by atomic mass is 10.0. The lowest BCUT2D eigenvalue weighted by Crippen LogP contribution is -2.25. The summed E-state index contributed by atoms with van der Waals surface area (Å²) in [6.07, 6.45) is 1.29. The molecule has 0 aliphatic carbocycles. The maximum Gasteiger partial charge on any atom is 0.311 e. The van der Waals surface area contributed by atoms with Crippen LogP contribution in [0.5, 0.6) is 11.5 Å². The fraction of sp³-hybridized carbons (Fsp3) is 0.300. The van der Waals surface area contributed by atoms with Gasteiger partial charge < -0.3 is 9.47 Å². The number of hydrazone groups is 1. The quantitative estimate of drug-likeness (QED) is 0.425. The largest absolute Gasteiger partial charge is 0.490 e. The number of nitro benzene ring substituents is 1. The highest BCUT2D eigenvalue weighted by atomic mass is 16.6. The molecule has 1 amide bonds. The minimum Gasteiger partial charge on any atom is -0.490 e. The molecule has 0 aromatic heterocycles. The zero-order valence-corrected chi connectivity index (χ0v) is 16.3. The number of benzene rings is 2. The van der Waals surface area contributed by atoms with Gasteiger partial charge in [-0.3, -0.25) is 14.9 Å². The van der Waals surface area contributed by atoms with Gasteiger partial charge in [0, 0.05) is 11.6 Å². The molecule has 0 heterocycles. The van der Waals surface area contributed by atoms with Crippen molar-refractivity contribution in [2.24, 2.45) is 5.10 Å². The van der Waals surface area contributed by atoms with E-state index in [1.54, 1.807) is 6.07 Å². The maximum atomic E-state index is 12.0. The van der Waals surface area contributed by atoms with Crippen LogP contribution in [-0.4, -0.2) is 30.8 Å². The number of nitrogens with zero attached hydrogens (tertiary/aromatic N) is 2. The van der Waals surface area contributed by atoms with Gasteiger partial charge in [0.15, 0.2) is 6.61 Å². The number of ether oxygens (including phenoxy) is 2. The maximum absolute atomic E-state index is 12.0. The highest BCUT2D eigenvalue weighted by Crippen LogP contribution is 2.29. The third kappa shape index (κ3) is 5.29. The fourth-order valence-electron chi connectivity index (χ4n) is 2.60. The average molecular weight is 385 g/mol. The summed E-state index contributed by atoms with van der Waals surface area (Å²) in [4.78, 5) is 22.5. The van der Waals surface area contributed by atoms with Gasteiger partial charge in [-0.25, -0.2) is 5.43 Å². The zero-order valence-electron chi connectivity index (χ0n) is 16.3. The van der Waals surface area contributed by atoms with Gasteiger partial charge in [0.1, 0.15) is 5.75 Å². The van der Waals surface area contributed by atoms with E-state index in [1.807, 2.05) is 39.0 Å². The number of rotatable bonds is 8. The highest BCUT2D eigenvalue weighted by Gasteiger charge is 2.17. The minimum absolute atomic E-state index is 0.0723. The van der Waals surface area contributed by atoms with Crippen molar-refractivity contribution < 1.29 is 19.2 Å². The molecule has 148 valence electrons. The second kappa shape index (κ2) is 9.50. The molecule has 0 atom stereocenters. The van der Waals surface area contributed by atoms with Crippen LogP contribution in [0.2, 0.25) is 0 Å². The normalized spacial score (nSPS) is 10.9. The van der Waals surface area contributed by atoms with E-state index in [0.717, 1.165) is 11.1 Å². The van der Waals surface area contributed by atoms with Crippen molar-refractivity contribution in [3.8, 4) is 11.5 Å². The van der Waals surface area contributed by atoms with Gasteiger partial charge in [0.25, 0.3) is 5.91 Å². The third-order valence-electron chi connectivity index (χ3n) is 3.97. The lowest BCUT2D eigenvalue weighted by molar-refractivity contribution is -0.385. The Hall–Kier alpha value is -3.42. The molecule has 0 aliphatic heterocycles. The van der Waals surface area contributed by atoms with Gasteiger partial charge in [-0.2, -0.15) is 5.10 Å². The first kappa shape index (κ1) is 20.9. The molecule has 2 rings (SSSR count). The molecule has 0 aliphatic rings. The van der Waals surface area contributed by atoms with Crippen LogP contribution in [0.4, 0.5) is 5.69 Å². The predicted molar refractivity (Wildman–Crippen MR) is 106 cm³/mol. The van der Waals surface area contributed by atoms with Crippen molar-refractivity contribution in [1.82, 2.24) is 5.43 Å². The number of hydrogen-bond acceptors (Lipinski definition) is 6. The van der Waals surface area contributed by atoms with E-state index in [9.17, 15) is 14.9 Å². The summed E-state index contributed by atoms with van der Waals surface area (Å²) in [5, 5.41) is 14.9. The Morgan fingerprint density at radius 1 is 1.32 bits per heavy atom. The molecule has 0 saturated heterocycles. The first-order valence-electron chi connectivity index (χ1n) is 8.70. The molecule has 0 saturated carbocycles. The SMILES string of the molecule is COc1c(/C=N/NC(=O)COc2cc(C)ccc2C(C)C)cccc1[N+](=O)[O-]. The van der Waals surface area contributed by atoms with E-state index >= 15 is 0 Å². The van der Waals surface area contributed by atoms with Crippen LogP contribution in [-0.2, 0) is 4.79 Å². The summed E-state index contributed by atoms with van der Waals surface area (Å²) >= 11 is 0. The van der Waals surface area contributed by atoms with Gasteiger partial charge in [-0.05, 0) is 36.1 Å². The Balaban J connectivity index is 2.01. The summed E-state index contributed by atoms with van der Waals surface area (Å²) in [5.74, 6) is 0.549. The monoisotopic (exact) mass is 385 g/mol. The Kier molecular flexibility index (Phi) is 7.08. The molecule has 2 aromatic carbocycles. The third-order valence-corrected chi connectivity index (χ3v) is 3.97. The molecule has 28 heavy (non-hydrogen) atoms. The van der Waals surface area contributed by atoms with E-state index in [4.69, 9.17) is 9.47 Å². The number of nitro groups is 1. The molecule has 0 fully saturated rings. The van der Waals surface area contributed by atoms with Gasteiger partial charge in [0.2, 0.25) is 5.75 Å². The van der Waals surface area contributed by atoms with Crippen molar-refractivity contribution in [2.45, 2.75) is 26.7 Å². The number of carbonyl (C=O) groups is 1. The summed E-state index contributed by atoms with van der Waals surface area (Å²) in [6, 6.07) is 10.3. The van der Waals surface area contributed by atoms with Crippen molar-refractivity contribution in [1.29, 1.82) is 0 Å². The molecule has 2 aromatic rings. The van der Waals surface area contributed by atoms with Crippen LogP contribution in [0, 0.1) is 17.0 Å². The van der Waals surface area contributed by atoms with Crippen LogP contribution in [0.25, 0.3) is 0 Å². The van der Waals surface area contributed by atoms with Crippen molar-refractivity contribution >= 4 is 17.8 Å². The number of hydrogen-bond donors (Lipinski definition) is 1. The minimum atomic E-state index is -0.545. The second-order valence-electron chi connectivity index (χ2n) is 6.43. The van der Waals surface area contributed by atoms with E-state index in [0.29, 0.717) is 11.3 Å². The van der Waals surface area contributed by atoms with E-state index < -0.39 is 10.8 Å². The Morgan fingerprint density at radius 2 is 2.07 bits per heavy atom. The Labute approximate surface area is 163 Å². The number of aryl methyl sites for hydroxylation is 1. The van der Waals surface area contributed by atoms with Crippen LogP contribution in [0.1, 0.15) is 36.5 Å². The van der Waals surface area contributed by atoms with Crippen LogP contribution < -0.4 is 14.9 Å². The van der Waals surface area contributed by atoms with E-state index in [2.05, 4.69) is 10.5 Å². The molecular weight excluding hydrogens is 362 g/mol. The molecular formula is C20H23N3O5. The van der Waals surface area contributed by atoms with Gasteiger partial charge in [-0.15, -0.1) is 0 Å². The van der Waals surface area contributed by atoms with Crippen molar-refractivity contribution in [2.75, 3.05) is 13.7 Å². The summed E-state index contributed by atoms with van der Waals surface area (Å²) in [6.45, 7) is 5.85. The fourth-order valence-corrected chi connectivity index (χ4v) is 2.60. The smallest absolute Gasteiger partial charge is 0.311 e. The molecule has 0 bridgehead atoms. The van der Waals surface area contributed by atoms with Crippen LogP contribution in [0.15, 0.2) is 41.5 Å². The summed E-state index contributed by atoms with van der Waals surface area (Å²) in [7, 11) is 1.33. The number of para-hydroxylation sites is 1. The summed E-state index contributed by atoms with van der Waals surface area (Å²) in [5.41, 5.74) is 4.59. The number of carbonyl (C=O) groups excluding carboxylic acids is 1. The van der Waals surface area contributed by atoms with Crippen molar-refractivity contribution in [3.63, 3.8) is 0 Å². The number of methoxy groups -OCH3 is 1. The average Bonchev–Trinajstić information content (AvgIpc) is 2.65. The second-order valence-corrected chi connectivity index (χ2v) is 6.43. The molecule has 0 spiro atoms. The number of amides is 1. The molecule has 0 unspecified atom stereocenters. The van der Waals surface area contributed by atoms with E-state index in [1.165, 1.54) is 25.5 Å². The van der Waals surface area contributed by atoms with Crippen molar-refractivity contribution in [3.05, 3.63) is 63.2 Å². The molecule has 1 N–H and O–H groups in total. The molecule has 0 radical (unpaired) electrons. The van der Waals surface area contributed by atoms with Crippen LogP contribution in [0.3, 0.4) is 0 Å². The lowest BCUT2D eigenvalue weighted by Gasteiger charge is -2.14.